The zero-order chi connectivity index (χ0) is 13.0. The van der Waals surface area contributed by atoms with Gasteiger partial charge in [0, 0.05) is 32.2 Å². The Labute approximate surface area is 111 Å². The number of aryl methyl sites for hydroxylation is 1. The zero-order valence-electron chi connectivity index (χ0n) is 11.8. The van der Waals surface area contributed by atoms with E-state index in [1.165, 1.54) is 24.0 Å². The predicted molar refractivity (Wildman–Crippen MR) is 76.0 cm³/mol. The highest BCUT2D eigenvalue weighted by atomic mass is 16.5. The second-order valence-corrected chi connectivity index (χ2v) is 5.63. The topological polar surface area (TPSA) is 21.3 Å². The van der Waals surface area contributed by atoms with Crippen LogP contribution in [0.1, 0.15) is 36.8 Å². The van der Waals surface area contributed by atoms with Gasteiger partial charge in [0.15, 0.2) is 0 Å². The number of ether oxygens (including phenoxy) is 1. The maximum atomic E-state index is 5.32. The fourth-order valence-electron chi connectivity index (χ4n) is 2.42. The highest BCUT2D eigenvalue weighted by molar-refractivity contribution is 5.25. The van der Waals surface area contributed by atoms with E-state index in [2.05, 4.69) is 43.4 Å². The SMILES string of the molecule is COCC(C)C(CNC1CC1)c1ccc(C)cc1. The van der Waals surface area contributed by atoms with Crippen molar-refractivity contribution in [1.82, 2.24) is 5.32 Å². The van der Waals surface area contributed by atoms with Gasteiger partial charge in [0.25, 0.3) is 0 Å². The molecule has 18 heavy (non-hydrogen) atoms. The first-order valence-electron chi connectivity index (χ1n) is 6.99. The standard InChI is InChI=1S/C16H25NO/c1-12-4-6-14(7-5-12)16(13(2)11-18-3)10-17-15-8-9-15/h4-7,13,15-17H,8-11H2,1-3H3. The van der Waals surface area contributed by atoms with Gasteiger partial charge in [0.1, 0.15) is 0 Å². The molecular weight excluding hydrogens is 222 g/mol. The molecule has 2 nitrogen and oxygen atoms in total. The van der Waals surface area contributed by atoms with Crippen molar-refractivity contribution in [3.05, 3.63) is 35.4 Å². The Bertz CT molecular complexity index is 356. The van der Waals surface area contributed by atoms with Gasteiger partial charge in [-0.2, -0.15) is 0 Å². The lowest BCUT2D eigenvalue weighted by Gasteiger charge is -2.24. The van der Waals surface area contributed by atoms with Crippen LogP contribution in [0.2, 0.25) is 0 Å². The van der Waals surface area contributed by atoms with Crippen LogP contribution in [0, 0.1) is 12.8 Å². The summed E-state index contributed by atoms with van der Waals surface area (Å²) >= 11 is 0. The first-order chi connectivity index (χ1) is 8.70. The van der Waals surface area contributed by atoms with E-state index in [1.54, 1.807) is 7.11 Å². The highest BCUT2D eigenvalue weighted by Gasteiger charge is 2.25. The van der Waals surface area contributed by atoms with Gasteiger partial charge in [0.2, 0.25) is 0 Å². The van der Waals surface area contributed by atoms with Crippen LogP contribution in [-0.4, -0.2) is 26.3 Å². The molecule has 0 spiro atoms. The molecule has 2 rings (SSSR count). The zero-order valence-corrected chi connectivity index (χ0v) is 11.8. The van der Waals surface area contributed by atoms with Crippen LogP contribution < -0.4 is 5.32 Å². The molecule has 2 unspecified atom stereocenters. The molecule has 0 saturated heterocycles. The predicted octanol–water partition coefficient (Wildman–Crippen LogP) is 3.11. The molecule has 1 fully saturated rings. The van der Waals surface area contributed by atoms with E-state index in [4.69, 9.17) is 4.74 Å². The summed E-state index contributed by atoms with van der Waals surface area (Å²) in [6, 6.07) is 9.71. The fourth-order valence-corrected chi connectivity index (χ4v) is 2.42. The lowest BCUT2D eigenvalue weighted by atomic mass is 9.87. The van der Waals surface area contributed by atoms with E-state index < -0.39 is 0 Å². The first kappa shape index (κ1) is 13.6. The number of hydrogen-bond donors (Lipinski definition) is 1. The number of rotatable bonds is 7. The Morgan fingerprint density at radius 2 is 1.94 bits per heavy atom. The Morgan fingerprint density at radius 1 is 1.28 bits per heavy atom. The summed E-state index contributed by atoms with van der Waals surface area (Å²) in [6.07, 6.45) is 2.69. The number of benzene rings is 1. The van der Waals surface area contributed by atoms with Crippen molar-refractivity contribution in [2.24, 2.45) is 5.92 Å². The van der Waals surface area contributed by atoms with Crippen LogP contribution in [-0.2, 0) is 4.74 Å². The highest BCUT2D eigenvalue weighted by Crippen LogP contribution is 2.27. The van der Waals surface area contributed by atoms with E-state index in [-0.39, 0.29) is 0 Å². The Morgan fingerprint density at radius 3 is 2.50 bits per heavy atom. The van der Waals surface area contributed by atoms with Crippen molar-refractivity contribution in [1.29, 1.82) is 0 Å². The van der Waals surface area contributed by atoms with E-state index in [9.17, 15) is 0 Å². The molecule has 0 radical (unpaired) electrons. The van der Waals surface area contributed by atoms with E-state index in [0.29, 0.717) is 11.8 Å². The van der Waals surface area contributed by atoms with Crippen molar-refractivity contribution in [2.75, 3.05) is 20.3 Å². The molecule has 100 valence electrons. The van der Waals surface area contributed by atoms with Gasteiger partial charge in [-0.05, 0) is 31.2 Å². The molecule has 1 aromatic carbocycles. The summed E-state index contributed by atoms with van der Waals surface area (Å²) in [5, 5.41) is 3.65. The summed E-state index contributed by atoms with van der Waals surface area (Å²) in [5.74, 6) is 1.09. The van der Waals surface area contributed by atoms with Crippen molar-refractivity contribution >= 4 is 0 Å². The molecule has 0 aromatic heterocycles. The third-order valence-electron chi connectivity index (χ3n) is 3.83. The number of nitrogens with one attached hydrogen (secondary N) is 1. The van der Waals surface area contributed by atoms with Crippen LogP contribution >= 0.6 is 0 Å². The summed E-state index contributed by atoms with van der Waals surface area (Å²) in [5.41, 5.74) is 2.75. The molecule has 1 N–H and O–H groups in total. The second kappa shape index (κ2) is 6.35. The van der Waals surface area contributed by atoms with Crippen molar-refractivity contribution in [3.8, 4) is 0 Å². The number of methoxy groups -OCH3 is 1. The van der Waals surface area contributed by atoms with Crippen LogP contribution in [0.3, 0.4) is 0 Å². The second-order valence-electron chi connectivity index (χ2n) is 5.63. The molecule has 0 aliphatic heterocycles. The summed E-state index contributed by atoms with van der Waals surface area (Å²) in [6.45, 7) is 6.31. The van der Waals surface area contributed by atoms with Gasteiger partial charge in [-0.1, -0.05) is 36.8 Å². The lowest BCUT2D eigenvalue weighted by molar-refractivity contribution is 0.146. The molecule has 0 heterocycles. The molecule has 1 aromatic rings. The van der Waals surface area contributed by atoms with Gasteiger partial charge in [0.05, 0.1) is 0 Å². The largest absolute Gasteiger partial charge is 0.384 e. The Kier molecular flexibility index (Phi) is 4.79. The third kappa shape index (κ3) is 3.82. The average molecular weight is 247 g/mol. The van der Waals surface area contributed by atoms with Crippen LogP contribution in [0.15, 0.2) is 24.3 Å². The van der Waals surface area contributed by atoms with Crippen LogP contribution in [0.25, 0.3) is 0 Å². The summed E-state index contributed by atoms with van der Waals surface area (Å²) < 4.78 is 5.32. The number of hydrogen-bond acceptors (Lipinski definition) is 2. The van der Waals surface area contributed by atoms with Gasteiger partial charge in [-0.15, -0.1) is 0 Å². The quantitative estimate of drug-likeness (QED) is 0.799. The fraction of sp³-hybridized carbons (Fsp3) is 0.625. The molecule has 2 heteroatoms. The average Bonchev–Trinajstić information content (AvgIpc) is 3.16. The maximum Gasteiger partial charge on any atom is 0.0494 e. The minimum atomic E-state index is 0.545. The van der Waals surface area contributed by atoms with Crippen molar-refractivity contribution in [2.45, 2.75) is 38.6 Å². The minimum Gasteiger partial charge on any atom is -0.384 e. The van der Waals surface area contributed by atoms with Crippen LogP contribution in [0.4, 0.5) is 0 Å². The smallest absolute Gasteiger partial charge is 0.0494 e. The minimum absolute atomic E-state index is 0.545. The summed E-state index contributed by atoms with van der Waals surface area (Å²) in [7, 11) is 1.79. The normalized spacial score (nSPS) is 18.6. The van der Waals surface area contributed by atoms with Crippen molar-refractivity contribution < 1.29 is 4.74 Å². The molecule has 1 aliphatic rings. The molecular formula is C16H25NO. The maximum absolute atomic E-state index is 5.32. The van der Waals surface area contributed by atoms with E-state index in [1.807, 2.05) is 0 Å². The van der Waals surface area contributed by atoms with Gasteiger partial charge in [-0.25, -0.2) is 0 Å². The molecule has 0 amide bonds. The molecule has 1 saturated carbocycles. The molecule has 1 aliphatic carbocycles. The van der Waals surface area contributed by atoms with Crippen molar-refractivity contribution in [3.63, 3.8) is 0 Å². The molecule has 0 bridgehead atoms. The third-order valence-corrected chi connectivity index (χ3v) is 3.83. The van der Waals surface area contributed by atoms with Gasteiger partial charge in [-0.3, -0.25) is 0 Å². The summed E-state index contributed by atoms with van der Waals surface area (Å²) in [4.78, 5) is 0. The van der Waals surface area contributed by atoms with E-state index >= 15 is 0 Å². The monoisotopic (exact) mass is 247 g/mol. The Hall–Kier alpha value is -0.860. The van der Waals surface area contributed by atoms with Crippen LogP contribution in [0.5, 0.6) is 0 Å². The first-order valence-corrected chi connectivity index (χ1v) is 6.99. The lowest BCUT2D eigenvalue weighted by Crippen LogP contribution is -2.29. The Balaban J connectivity index is 2.03. The van der Waals surface area contributed by atoms with Gasteiger partial charge < -0.3 is 10.1 Å². The van der Waals surface area contributed by atoms with Gasteiger partial charge >= 0.3 is 0 Å². The van der Waals surface area contributed by atoms with E-state index in [0.717, 1.165) is 19.2 Å². The molecule has 2 atom stereocenters.